The van der Waals surface area contributed by atoms with E-state index in [9.17, 15) is 13.2 Å². The first-order chi connectivity index (χ1) is 14.8. The monoisotopic (exact) mass is 447 g/mol. The van der Waals surface area contributed by atoms with Gasteiger partial charge < -0.3 is 19.0 Å². The second-order valence-corrected chi connectivity index (χ2v) is 8.31. The molecule has 0 heterocycles. The number of carbonyl (C=O) groups is 1. The van der Waals surface area contributed by atoms with Crippen molar-refractivity contribution in [3.8, 4) is 5.75 Å². The number of benzene rings is 2. The third-order valence-corrected chi connectivity index (χ3v) is 4.65. The highest BCUT2D eigenvalue weighted by Crippen LogP contribution is 2.16. The van der Waals surface area contributed by atoms with E-state index in [1.807, 2.05) is 43.3 Å². The first kappa shape index (κ1) is 24.4. The molecule has 2 aromatic rings. The summed E-state index contributed by atoms with van der Waals surface area (Å²) in [5, 5.41) is 3.29. The summed E-state index contributed by atoms with van der Waals surface area (Å²) >= 11 is 0. The van der Waals surface area contributed by atoms with Gasteiger partial charge in [0.05, 0.1) is 12.9 Å². The van der Waals surface area contributed by atoms with E-state index in [1.165, 1.54) is 0 Å². The van der Waals surface area contributed by atoms with Crippen LogP contribution < -0.4 is 9.50 Å². The molecule has 2 rings (SSSR count). The fraction of sp³-hybridized carbons (Fsp3) is 0.348. The summed E-state index contributed by atoms with van der Waals surface area (Å²) in [6.07, 6.45) is 4.77. The zero-order valence-electron chi connectivity index (χ0n) is 18.0. The summed E-state index contributed by atoms with van der Waals surface area (Å²) < 4.78 is 37.6. The number of hydrogen-bond donors (Lipinski definition) is 1. The van der Waals surface area contributed by atoms with Crippen molar-refractivity contribution in [3.05, 3.63) is 65.7 Å². The van der Waals surface area contributed by atoms with Crippen molar-refractivity contribution in [3.63, 3.8) is 0 Å². The van der Waals surface area contributed by atoms with Crippen LogP contribution in [-0.2, 0) is 30.8 Å². The lowest BCUT2D eigenvalue weighted by Crippen LogP contribution is -2.28. The Balaban J connectivity index is 1.84. The van der Waals surface area contributed by atoms with Crippen LogP contribution in [0.1, 0.15) is 25.0 Å². The number of anilines is 1. The van der Waals surface area contributed by atoms with Gasteiger partial charge in [0.1, 0.15) is 5.75 Å². The Morgan fingerprint density at radius 3 is 2.29 bits per heavy atom. The topological polar surface area (TPSA) is 90.9 Å². The molecular weight excluding hydrogens is 418 g/mol. The minimum atomic E-state index is -3.52. The smallest absolute Gasteiger partial charge is 0.335 e. The van der Waals surface area contributed by atoms with Crippen LogP contribution in [0.2, 0.25) is 0 Å². The normalized spacial score (nSPS) is 12.5. The molecule has 0 radical (unpaired) electrons. The second-order valence-electron chi connectivity index (χ2n) is 6.74. The van der Waals surface area contributed by atoms with E-state index < -0.39 is 16.2 Å². The first-order valence-electron chi connectivity index (χ1n) is 10.1. The highest BCUT2D eigenvalue weighted by molar-refractivity contribution is 7.86. The molecule has 0 aliphatic rings. The Kier molecular flexibility index (Phi) is 9.55. The summed E-state index contributed by atoms with van der Waals surface area (Å²) in [6, 6.07) is 14.6. The van der Waals surface area contributed by atoms with E-state index in [2.05, 4.69) is 5.32 Å². The Labute approximate surface area is 184 Å². The number of hydrogen-bond acceptors (Lipinski definition) is 7. The molecule has 0 fully saturated rings. The average Bonchev–Trinajstić information content (AvgIpc) is 2.72. The molecule has 0 saturated heterocycles. The summed E-state index contributed by atoms with van der Waals surface area (Å²) in [5.41, 5.74) is 2.87. The van der Waals surface area contributed by atoms with Gasteiger partial charge in [0.15, 0.2) is 6.10 Å². The Hall–Kier alpha value is -2.84. The molecule has 8 heteroatoms. The van der Waals surface area contributed by atoms with Crippen LogP contribution in [0.3, 0.4) is 0 Å². The summed E-state index contributed by atoms with van der Waals surface area (Å²) in [4.78, 5) is 12.0. The molecule has 0 aliphatic heterocycles. The van der Waals surface area contributed by atoms with Gasteiger partial charge in [0.25, 0.3) is 0 Å². The van der Waals surface area contributed by atoms with Crippen molar-refractivity contribution >= 4 is 27.9 Å². The molecule has 0 bridgehead atoms. The van der Waals surface area contributed by atoms with Gasteiger partial charge in [-0.15, -0.1) is 0 Å². The minimum absolute atomic E-state index is 0.285. The standard InChI is InChI=1S/C23H29NO6S/c1-4-28-22(23(25)29-5-2)17-19-8-12-20(13-9-19)24-16-6-7-18-10-14-21(15-11-18)30-31(3,26)27/h6-15,22,24H,4-5,16-17H2,1-3H3/b7-6+/t22-/m0/s1. The third kappa shape index (κ3) is 9.23. The Bertz CT molecular complexity index is 953. The first-order valence-corrected chi connectivity index (χ1v) is 11.9. The molecule has 31 heavy (non-hydrogen) atoms. The maximum absolute atomic E-state index is 12.0. The molecule has 1 N–H and O–H groups in total. The number of carbonyl (C=O) groups excluding carboxylic acids is 1. The van der Waals surface area contributed by atoms with E-state index in [4.69, 9.17) is 13.7 Å². The summed E-state index contributed by atoms with van der Waals surface area (Å²) in [5.74, 6) is -0.0556. The maximum atomic E-state index is 12.0. The van der Waals surface area contributed by atoms with Crippen LogP contribution in [0.25, 0.3) is 6.08 Å². The predicted octanol–water partition coefficient (Wildman–Crippen LogP) is 3.66. The van der Waals surface area contributed by atoms with Crippen LogP contribution in [-0.4, -0.2) is 46.5 Å². The van der Waals surface area contributed by atoms with E-state index in [1.54, 1.807) is 31.2 Å². The second kappa shape index (κ2) is 12.1. The average molecular weight is 448 g/mol. The van der Waals surface area contributed by atoms with Gasteiger partial charge in [-0.05, 0) is 49.2 Å². The van der Waals surface area contributed by atoms with E-state index in [0.29, 0.717) is 26.2 Å². The van der Waals surface area contributed by atoms with Crippen LogP contribution in [0.4, 0.5) is 5.69 Å². The molecule has 0 aliphatic carbocycles. The van der Waals surface area contributed by atoms with Crippen molar-refractivity contribution in [2.24, 2.45) is 0 Å². The highest BCUT2D eigenvalue weighted by Gasteiger charge is 2.20. The minimum Gasteiger partial charge on any atom is -0.464 e. The van der Waals surface area contributed by atoms with E-state index in [-0.39, 0.29) is 11.7 Å². The summed E-state index contributed by atoms with van der Waals surface area (Å²) in [6.45, 7) is 5.02. The van der Waals surface area contributed by atoms with Crippen LogP contribution in [0.5, 0.6) is 5.75 Å². The number of ether oxygens (including phenoxy) is 2. The lowest BCUT2D eigenvalue weighted by molar-refractivity contribution is -0.156. The van der Waals surface area contributed by atoms with Gasteiger partial charge in [-0.25, -0.2) is 4.79 Å². The fourth-order valence-corrected chi connectivity index (χ4v) is 3.26. The lowest BCUT2D eigenvalue weighted by Gasteiger charge is -2.15. The van der Waals surface area contributed by atoms with Crippen molar-refractivity contribution < 1.29 is 26.9 Å². The largest absolute Gasteiger partial charge is 0.464 e. The van der Waals surface area contributed by atoms with Crippen LogP contribution in [0, 0.1) is 0 Å². The maximum Gasteiger partial charge on any atom is 0.335 e. The Morgan fingerprint density at radius 2 is 1.71 bits per heavy atom. The lowest BCUT2D eigenvalue weighted by atomic mass is 10.1. The third-order valence-electron chi connectivity index (χ3n) is 4.15. The van der Waals surface area contributed by atoms with Gasteiger partial charge in [-0.2, -0.15) is 8.42 Å². The van der Waals surface area contributed by atoms with E-state index >= 15 is 0 Å². The van der Waals surface area contributed by atoms with Crippen molar-refractivity contribution in [1.82, 2.24) is 0 Å². The van der Waals surface area contributed by atoms with Crippen molar-refractivity contribution in [2.75, 3.05) is 31.3 Å². The van der Waals surface area contributed by atoms with Gasteiger partial charge in [-0.3, -0.25) is 0 Å². The highest BCUT2D eigenvalue weighted by atomic mass is 32.2. The molecule has 0 spiro atoms. The fourth-order valence-electron chi connectivity index (χ4n) is 2.80. The van der Waals surface area contributed by atoms with Crippen molar-refractivity contribution in [1.29, 1.82) is 0 Å². The number of esters is 1. The molecule has 0 unspecified atom stereocenters. The molecule has 0 aromatic heterocycles. The van der Waals surface area contributed by atoms with Crippen LogP contribution >= 0.6 is 0 Å². The summed E-state index contributed by atoms with van der Waals surface area (Å²) in [7, 11) is -3.52. The predicted molar refractivity (Wildman–Crippen MR) is 122 cm³/mol. The molecular formula is C23H29NO6S. The number of rotatable bonds is 12. The van der Waals surface area contributed by atoms with E-state index in [0.717, 1.165) is 23.1 Å². The quantitative estimate of drug-likeness (QED) is 0.392. The zero-order chi connectivity index (χ0) is 22.7. The molecule has 7 nitrogen and oxygen atoms in total. The van der Waals surface area contributed by atoms with Gasteiger partial charge in [0, 0.05) is 25.3 Å². The molecule has 168 valence electrons. The van der Waals surface area contributed by atoms with Gasteiger partial charge >= 0.3 is 16.1 Å². The molecule has 2 aromatic carbocycles. The van der Waals surface area contributed by atoms with Gasteiger partial charge in [0.2, 0.25) is 0 Å². The molecule has 1 atom stereocenters. The van der Waals surface area contributed by atoms with Crippen molar-refractivity contribution in [2.45, 2.75) is 26.4 Å². The zero-order valence-corrected chi connectivity index (χ0v) is 18.9. The SMILES string of the molecule is CCOC(=O)[C@H](Cc1ccc(NC/C=C/c2ccc(OS(C)(=O)=O)cc2)cc1)OCC. The Morgan fingerprint density at radius 1 is 1.03 bits per heavy atom. The molecule has 0 amide bonds. The van der Waals surface area contributed by atoms with Gasteiger partial charge in [-0.1, -0.05) is 36.4 Å². The van der Waals surface area contributed by atoms with Crippen LogP contribution in [0.15, 0.2) is 54.6 Å². The number of nitrogens with one attached hydrogen (secondary N) is 1. The molecule has 0 saturated carbocycles.